The van der Waals surface area contributed by atoms with Gasteiger partial charge in [-0.05, 0) is 38.5 Å². The van der Waals surface area contributed by atoms with Gasteiger partial charge in [0.1, 0.15) is 5.01 Å². The number of aryl methyl sites for hydroxylation is 1. The second kappa shape index (κ2) is 5.61. The molecule has 2 aromatic heterocycles. The fourth-order valence-electron chi connectivity index (χ4n) is 3.20. The SMILES string of the molecule is CCCc1nnc2sc([C@H]3CCCCN3C(=O)C3CC3)nn12. The number of nitrogens with zero attached hydrogens (tertiary/aromatic N) is 5. The van der Waals surface area contributed by atoms with E-state index in [0.717, 1.165) is 60.9 Å². The van der Waals surface area contributed by atoms with Crippen LogP contribution in [0.25, 0.3) is 4.96 Å². The number of piperidine rings is 1. The Morgan fingerprint density at radius 3 is 2.91 bits per heavy atom. The van der Waals surface area contributed by atoms with Crippen LogP contribution in [-0.4, -0.2) is 37.2 Å². The lowest BCUT2D eigenvalue weighted by Gasteiger charge is -2.34. The van der Waals surface area contributed by atoms with Crippen LogP contribution >= 0.6 is 11.3 Å². The highest BCUT2D eigenvalue weighted by atomic mass is 32.1. The van der Waals surface area contributed by atoms with Gasteiger partial charge in [0.15, 0.2) is 5.82 Å². The Labute approximate surface area is 133 Å². The largest absolute Gasteiger partial charge is 0.333 e. The standard InChI is InChI=1S/C15H21N5OS/c1-2-5-12-16-17-15-20(12)18-13(22-15)11-6-3-4-9-19(11)14(21)10-7-8-10/h10-11H,2-9H2,1H3/t11-/m1/s1. The number of hydrogen-bond donors (Lipinski definition) is 0. The number of fused-ring (bicyclic) bond motifs is 1. The first kappa shape index (κ1) is 14.1. The third-order valence-corrected chi connectivity index (χ3v) is 5.54. The highest BCUT2D eigenvalue weighted by molar-refractivity contribution is 7.16. The molecule has 0 N–H and O–H groups in total. The van der Waals surface area contributed by atoms with E-state index in [2.05, 4.69) is 22.0 Å². The van der Waals surface area contributed by atoms with Crippen LogP contribution in [-0.2, 0) is 11.2 Å². The molecule has 22 heavy (non-hydrogen) atoms. The Balaban J connectivity index is 1.64. The number of likely N-dealkylation sites (tertiary alicyclic amines) is 1. The Morgan fingerprint density at radius 1 is 1.27 bits per heavy atom. The number of carbonyl (C=O) groups is 1. The molecule has 2 fully saturated rings. The van der Waals surface area contributed by atoms with Gasteiger partial charge in [-0.2, -0.15) is 9.61 Å². The van der Waals surface area contributed by atoms with Gasteiger partial charge in [-0.3, -0.25) is 4.79 Å². The van der Waals surface area contributed by atoms with Crippen LogP contribution in [0.15, 0.2) is 0 Å². The normalized spacial score (nSPS) is 22.4. The van der Waals surface area contributed by atoms with Gasteiger partial charge < -0.3 is 4.90 Å². The highest BCUT2D eigenvalue weighted by Gasteiger charge is 2.38. The van der Waals surface area contributed by atoms with Crippen LogP contribution in [0.4, 0.5) is 0 Å². The van der Waals surface area contributed by atoms with Crippen LogP contribution in [0.2, 0.25) is 0 Å². The van der Waals surface area contributed by atoms with Crippen LogP contribution < -0.4 is 0 Å². The molecule has 1 aliphatic heterocycles. The van der Waals surface area contributed by atoms with Crippen molar-refractivity contribution in [3.05, 3.63) is 10.8 Å². The molecule has 0 unspecified atom stereocenters. The molecule has 0 radical (unpaired) electrons. The minimum Gasteiger partial charge on any atom is -0.333 e. The van der Waals surface area contributed by atoms with Gasteiger partial charge in [0, 0.05) is 18.9 Å². The average molecular weight is 319 g/mol. The molecule has 6 nitrogen and oxygen atoms in total. The number of aromatic nitrogens is 4. The van der Waals surface area contributed by atoms with Gasteiger partial charge in [0.25, 0.3) is 0 Å². The van der Waals surface area contributed by atoms with Crippen LogP contribution in [0.3, 0.4) is 0 Å². The van der Waals surface area contributed by atoms with E-state index >= 15 is 0 Å². The van der Waals surface area contributed by atoms with E-state index in [1.807, 2.05) is 4.52 Å². The summed E-state index contributed by atoms with van der Waals surface area (Å²) in [5, 5.41) is 14.2. The molecule has 7 heteroatoms. The van der Waals surface area contributed by atoms with Gasteiger partial charge in [0.05, 0.1) is 6.04 Å². The topological polar surface area (TPSA) is 63.4 Å². The molecule has 0 bridgehead atoms. The predicted molar refractivity (Wildman–Crippen MR) is 83.7 cm³/mol. The zero-order chi connectivity index (χ0) is 15.1. The summed E-state index contributed by atoms with van der Waals surface area (Å²) in [7, 11) is 0. The smallest absolute Gasteiger partial charge is 0.234 e. The fourth-order valence-corrected chi connectivity index (χ4v) is 4.21. The van der Waals surface area contributed by atoms with E-state index in [-0.39, 0.29) is 12.0 Å². The fraction of sp³-hybridized carbons (Fsp3) is 0.733. The summed E-state index contributed by atoms with van der Waals surface area (Å²) in [6, 6.07) is 0.142. The van der Waals surface area contributed by atoms with E-state index in [4.69, 9.17) is 5.10 Å². The van der Waals surface area contributed by atoms with E-state index in [9.17, 15) is 4.79 Å². The molecule has 3 heterocycles. The van der Waals surface area contributed by atoms with Crippen LogP contribution in [0.5, 0.6) is 0 Å². The van der Waals surface area contributed by atoms with E-state index < -0.39 is 0 Å². The zero-order valence-corrected chi connectivity index (χ0v) is 13.7. The highest BCUT2D eigenvalue weighted by Crippen LogP contribution is 2.38. The summed E-state index contributed by atoms with van der Waals surface area (Å²) < 4.78 is 1.87. The van der Waals surface area contributed by atoms with Crippen molar-refractivity contribution in [1.29, 1.82) is 0 Å². The number of amides is 1. The molecule has 1 saturated heterocycles. The van der Waals surface area contributed by atoms with Gasteiger partial charge >= 0.3 is 0 Å². The first-order chi connectivity index (χ1) is 10.8. The lowest BCUT2D eigenvalue weighted by Crippen LogP contribution is -2.39. The summed E-state index contributed by atoms with van der Waals surface area (Å²) in [6.45, 7) is 3.01. The van der Waals surface area contributed by atoms with Gasteiger partial charge in [-0.25, -0.2) is 0 Å². The second-order valence-corrected chi connectivity index (χ2v) is 7.31. The van der Waals surface area contributed by atoms with E-state index in [0.29, 0.717) is 5.91 Å². The number of carbonyl (C=O) groups excluding carboxylic acids is 1. The third-order valence-electron chi connectivity index (χ3n) is 4.54. The van der Waals surface area contributed by atoms with Crippen molar-refractivity contribution in [2.45, 2.75) is 57.9 Å². The van der Waals surface area contributed by atoms with Crippen molar-refractivity contribution in [2.24, 2.45) is 5.92 Å². The van der Waals surface area contributed by atoms with Crippen LogP contribution in [0.1, 0.15) is 62.3 Å². The summed E-state index contributed by atoms with van der Waals surface area (Å²) in [4.78, 5) is 15.5. The molecular weight excluding hydrogens is 298 g/mol. The molecule has 0 aromatic carbocycles. The maximum absolute atomic E-state index is 12.5. The number of hydrogen-bond acceptors (Lipinski definition) is 5. The molecule has 2 aliphatic rings. The third kappa shape index (κ3) is 2.41. The van der Waals surface area contributed by atoms with Crippen molar-refractivity contribution in [3.63, 3.8) is 0 Å². The first-order valence-corrected chi connectivity index (χ1v) is 9.11. The molecule has 1 atom stereocenters. The van der Waals surface area contributed by atoms with Crippen molar-refractivity contribution in [3.8, 4) is 0 Å². The summed E-state index contributed by atoms with van der Waals surface area (Å²) in [5.41, 5.74) is 0. The molecular formula is C15H21N5OS. The van der Waals surface area contributed by atoms with Crippen molar-refractivity contribution in [1.82, 2.24) is 24.7 Å². The monoisotopic (exact) mass is 319 g/mol. The van der Waals surface area contributed by atoms with Gasteiger partial charge in [-0.15, -0.1) is 10.2 Å². The average Bonchev–Trinajstić information content (AvgIpc) is 3.20. The maximum Gasteiger partial charge on any atom is 0.234 e. The van der Waals surface area contributed by atoms with Crippen molar-refractivity contribution >= 4 is 22.2 Å². The Bertz CT molecular complexity index is 689. The maximum atomic E-state index is 12.5. The minimum atomic E-state index is 0.142. The molecule has 0 spiro atoms. The number of rotatable bonds is 4. The van der Waals surface area contributed by atoms with Gasteiger partial charge in [0.2, 0.25) is 10.9 Å². The van der Waals surface area contributed by atoms with Crippen LogP contribution in [0, 0.1) is 5.92 Å². The van der Waals surface area contributed by atoms with Crippen molar-refractivity contribution < 1.29 is 4.79 Å². The molecule has 1 saturated carbocycles. The molecule has 4 rings (SSSR count). The first-order valence-electron chi connectivity index (χ1n) is 8.29. The predicted octanol–water partition coefficient (Wildman–Crippen LogP) is 2.60. The second-order valence-electron chi connectivity index (χ2n) is 6.32. The van der Waals surface area contributed by atoms with Gasteiger partial charge in [-0.1, -0.05) is 18.3 Å². The zero-order valence-electron chi connectivity index (χ0n) is 12.9. The van der Waals surface area contributed by atoms with E-state index in [1.54, 1.807) is 11.3 Å². The molecule has 1 aliphatic carbocycles. The Morgan fingerprint density at radius 2 is 2.14 bits per heavy atom. The lowest BCUT2D eigenvalue weighted by atomic mass is 10.0. The van der Waals surface area contributed by atoms with E-state index in [1.165, 1.54) is 6.42 Å². The lowest BCUT2D eigenvalue weighted by molar-refractivity contribution is -0.136. The summed E-state index contributed by atoms with van der Waals surface area (Å²) >= 11 is 1.59. The summed E-state index contributed by atoms with van der Waals surface area (Å²) in [6.07, 6.45) is 7.34. The minimum absolute atomic E-state index is 0.142. The molecule has 1 amide bonds. The van der Waals surface area contributed by atoms with Crippen molar-refractivity contribution in [2.75, 3.05) is 6.54 Å². The Kier molecular flexibility index (Phi) is 3.60. The quantitative estimate of drug-likeness (QED) is 0.869. The molecule has 118 valence electrons. The molecule has 2 aromatic rings. The summed E-state index contributed by atoms with van der Waals surface area (Å²) in [5.74, 6) is 1.54. The Hall–Kier alpha value is -1.50.